The van der Waals surface area contributed by atoms with Crippen molar-refractivity contribution in [3.63, 3.8) is 0 Å². The van der Waals surface area contributed by atoms with Crippen molar-refractivity contribution in [1.82, 2.24) is 29.9 Å². The van der Waals surface area contributed by atoms with E-state index in [4.69, 9.17) is 0 Å². The van der Waals surface area contributed by atoms with E-state index in [1.165, 1.54) is 6.33 Å². The van der Waals surface area contributed by atoms with Gasteiger partial charge in [0.25, 0.3) is 5.91 Å². The van der Waals surface area contributed by atoms with E-state index in [1.807, 2.05) is 80.1 Å². The highest BCUT2D eigenvalue weighted by Crippen LogP contribution is 2.20. The molecule has 0 bridgehead atoms. The molecule has 0 aliphatic heterocycles. The lowest BCUT2D eigenvalue weighted by atomic mass is 10.1. The number of hydrogen-bond acceptors (Lipinski definition) is 4. The van der Waals surface area contributed by atoms with Crippen molar-refractivity contribution in [3.05, 3.63) is 89.8 Å². The predicted octanol–water partition coefficient (Wildman–Crippen LogP) is 3.56. The summed E-state index contributed by atoms with van der Waals surface area (Å²) in [5.74, 6) is -0.130. The van der Waals surface area contributed by atoms with Gasteiger partial charge in [0, 0.05) is 0 Å². The Bertz CT molecular complexity index is 1110. The van der Waals surface area contributed by atoms with Gasteiger partial charge < -0.3 is 5.32 Å². The quantitative estimate of drug-likeness (QED) is 0.569. The van der Waals surface area contributed by atoms with Crippen LogP contribution in [0.3, 0.4) is 0 Å². The molecule has 0 aliphatic rings. The zero-order valence-electron chi connectivity index (χ0n) is 16.6. The van der Waals surface area contributed by atoms with Crippen molar-refractivity contribution in [3.8, 4) is 11.4 Å². The Balaban J connectivity index is 1.53. The van der Waals surface area contributed by atoms with E-state index in [9.17, 15) is 4.79 Å². The van der Waals surface area contributed by atoms with Gasteiger partial charge in [0.2, 0.25) is 0 Å². The lowest BCUT2D eigenvalue weighted by molar-refractivity contribution is 0.0938. The molecule has 2 aromatic heterocycles. The summed E-state index contributed by atoms with van der Waals surface area (Å²) in [5.41, 5.74) is 5.00. The number of carbonyl (C=O) groups is 1. The fourth-order valence-corrected chi connectivity index (χ4v) is 3.40. The highest BCUT2D eigenvalue weighted by atomic mass is 16.1. The zero-order valence-corrected chi connectivity index (χ0v) is 16.6. The van der Waals surface area contributed by atoms with Crippen molar-refractivity contribution in [2.75, 3.05) is 0 Å². The minimum Gasteiger partial charge on any atom is -0.345 e. The van der Waals surface area contributed by atoms with Crippen LogP contribution in [-0.4, -0.2) is 30.5 Å². The number of hydrogen-bond donors (Lipinski definition) is 1. The van der Waals surface area contributed by atoms with Gasteiger partial charge in [0.05, 0.1) is 34.4 Å². The first-order chi connectivity index (χ1) is 14.0. The van der Waals surface area contributed by atoms with Crippen molar-refractivity contribution in [2.45, 2.75) is 26.8 Å². The van der Waals surface area contributed by atoms with Gasteiger partial charge in [-0.15, -0.1) is 0 Å². The Morgan fingerprint density at radius 1 is 1.00 bits per heavy atom. The smallest absolute Gasteiger partial charge is 0.255 e. The number of para-hydroxylation sites is 1. The molecule has 7 heteroatoms. The van der Waals surface area contributed by atoms with E-state index in [0.717, 1.165) is 22.6 Å². The van der Waals surface area contributed by atoms with Gasteiger partial charge in [-0.3, -0.25) is 4.79 Å². The summed E-state index contributed by atoms with van der Waals surface area (Å²) in [7, 11) is 0. The lowest BCUT2D eigenvalue weighted by Gasteiger charge is -2.15. The van der Waals surface area contributed by atoms with Crippen molar-refractivity contribution < 1.29 is 4.79 Å². The molecular weight excluding hydrogens is 364 g/mol. The molecule has 2 aromatic carbocycles. The van der Waals surface area contributed by atoms with E-state index in [0.29, 0.717) is 11.3 Å². The maximum atomic E-state index is 13.0. The molecule has 2 heterocycles. The summed E-state index contributed by atoms with van der Waals surface area (Å²) in [6.07, 6.45) is 3.15. The number of carbonyl (C=O) groups excluding carboxylic acids is 1. The summed E-state index contributed by atoms with van der Waals surface area (Å²) in [6.45, 7) is 5.74. The van der Waals surface area contributed by atoms with E-state index in [-0.39, 0.29) is 11.9 Å². The Morgan fingerprint density at radius 3 is 2.38 bits per heavy atom. The van der Waals surface area contributed by atoms with Crippen LogP contribution in [-0.2, 0) is 0 Å². The van der Waals surface area contributed by atoms with Crippen molar-refractivity contribution >= 4 is 5.91 Å². The molecule has 0 radical (unpaired) electrons. The number of benzene rings is 2. The van der Waals surface area contributed by atoms with Crippen LogP contribution in [0.25, 0.3) is 11.4 Å². The van der Waals surface area contributed by atoms with Crippen LogP contribution in [0.5, 0.6) is 0 Å². The summed E-state index contributed by atoms with van der Waals surface area (Å²) in [5, 5.41) is 11.8. The van der Waals surface area contributed by atoms with E-state index >= 15 is 0 Å². The Labute approximate surface area is 169 Å². The standard InChI is InChI=1S/C22H22N6O/c1-15(18-9-11-19(12-10-18)27-14-23-13-24-27)25-22(29)21-16(2)26-28(17(21)3)20-7-5-4-6-8-20/h4-15H,1-3H3,(H,25,29). The zero-order chi connectivity index (χ0) is 20.4. The number of nitrogens with one attached hydrogen (secondary N) is 1. The third-order valence-electron chi connectivity index (χ3n) is 4.94. The van der Waals surface area contributed by atoms with Gasteiger partial charge in [-0.1, -0.05) is 30.3 Å². The summed E-state index contributed by atoms with van der Waals surface area (Å²) in [4.78, 5) is 16.9. The fourth-order valence-electron chi connectivity index (χ4n) is 3.40. The third-order valence-corrected chi connectivity index (χ3v) is 4.94. The van der Waals surface area contributed by atoms with Crippen molar-refractivity contribution in [2.24, 2.45) is 0 Å². The van der Waals surface area contributed by atoms with E-state index in [2.05, 4.69) is 20.5 Å². The van der Waals surface area contributed by atoms with Crippen LogP contribution in [0.2, 0.25) is 0 Å². The highest BCUT2D eigenvalue weighted by Gasteiger charge is 2.21. The third kappa shape index (κ3) is 3.67. The molecule has 29 heavy (non-hydrogen) atoms. The van der Waals surface area contributed by atoms with Crippen LogP contribution in [0.15, 0.2) is 67.3 Å². The van der Waals surface area contributed by atoms with Crippen LogP contribution >= 0.6 is 0 Å². The molecule has 146 valence electrons. The second-order valence-corrected chi connectivity index (χ2v) is 6.92. The minimum absolute atomic E-state index is 0.130. The van der Waals surface area contributed by atoms with Gasteiger partial charge in [0.15, 0.2) is 0 Å². The first-order valence-electron chi connectivity index (χ1n) is 9.42. The molecule has 7 nitrogen and oxygen atoms in total. The monoisotopic (exact) mass is 386 g/mol. The van der Waals surface area contributed by atoms with Crippen LogP contribution < -0.4 is 5.32 Å². The topological polar surface area (TPSA) is 77.6 Å². The van der Waals surface area contributed by atoms with Gasteiger partial charge in [-0.05, 0) is 50.6 Å². The van der Waals surface area contributed by atoms with Gasteiger partial charge in [-0.2, -0.15) is 10.2 Å². The Hall–Kier alpha value is -3.74. The molecule has 0 aliphatic carbocycles. The molecule has 0 saturated carbocycles. The average Bonchev–Trinajstić information content (AvgIpc) is 3.37. The second-order valence-electron chi connectivity index (χ2n) is 6.92. The van der Waals surface area contributed by atoms with Gasteiger partial charge >= 0.3 is 0 Å². The second kappa shape index (κ2) is 7.71. The number of rotatable bonds is 5. The molecule has 0 saturated heterocycles. The van der Waals surface area contributed by atoms with Crippen LogP contribution in [0.1, 0.15) is 40.3 Å². The summed E-state index contributed by atoms with van der Waals surface area (Å²) >= 11 is 0. The number of amides is 1. The van der Waals surface area contributed by atoms with Gasteiger partial charge in [-0.25, -0.2) is 14.3 Å². The molecule has 4 aromatic rings. The normalized spacial score (nSPS) is 12.0. The van der Waals surface area contributed by atoms with E-state index < -0.39 is 0 Å². The SMILES string of the molecule is Cc1nn(-c2ccccc2)c(C)c1C(=O)NC(C)c1ccc(-n2cncn2)cc1. The molecule has 1 N–H and O–H groups in total. The first-order valence-corrected chi connectivity index (χ1v) is 9.42. The molecule has 0 spiro atoms. The lowest BCUT2D eigenvalue weighted by Crippen LogP contribution is -2.27. The molecular formula is C22H22N6O. The Kier molecular flexibility index (Phi) is 4.95. The van der Waals surface area contributed by atoms with Crippen LogP contribution in [0, 0.1) is 13.8 Å². The number of aryl methyl sites for hydroxylation is 1. The van der Waals surface area contributed by atoms with E-state index in [1.54, 1.807) is 11.0 Å². The average molecular weight is 386 g/mol. The predicted molar refractivity (Wildman–Crippen MR) is 110 cm³/mol. The molecule has 1 unspecified atom stereocenters. The molecule has 0 fully saturated rings. The fraction of sp³-hybridized carbons (Fsp3) is 0.182. The number of nitrogens with zero attached hydrogens (tertiary/aromatic N) is 5. The molecule has 1 atom stereocenters. The largest absolute Gasteiger partial charge is 0.345 e. The summed E-state index contributed by atoms with van der Waals surface area (Å²) in [6, 6.07) is 17.5. The highest BCUT2D eigenvalue weighted by molar-refractivity contribution is 5.96. The minimum atomic E-state index is -0.147. The molecule has 1 amide bonds. The molecule has 4 rings (SSSR count). The first kappa shape index (κ1) is 18.6. The van der Waals surface area contributed by atoms with Gasteiger partial charge in [0.1, 0.15) is 12.7 Å². The summed E-state index contributed by atoms with van der Waals surface area (Å²) < 4.78 is 3.50. The maximum absolute atomic E-state index is 13.0. The van der Waals surface area contributed by atoms with Crippen molar-refractivity contribution in [1.29, 1.82) is 0 Å². The Morgan fingerprint density at radius 2 is 1.72 bits per heavy atom. The maximum Gasteiger partial charge on any atom is 0.255 e. The van der Waals surface area contributed by atoms with Crippen LogP contribution in [0.4, 0.5) is 0 Å². The number of aromatic nitrogens is 5.